The van der Waals surface area contributed by atoms with Crippen molar-refractivity contribution < 1.29 is 16.8 Å². The molecule has 4 rings (SSSR count). The molecule has 9 heteroatoms. The van der Waals surface area contributed by atoms with Gasteiger partial charge in [0.1, 0.15) is 0 Å². The molecule has 0 saturated carbocycles. The Balaban J connectivity index is 1.52. The van der Waals surface area contributed by atoms with Gasteiger partial charge in [-0.3, -0.25) is 4.90 Å². The van der Waals surface area contributed by atoms with Crippen LogP contribution in [0.2, 0.25) is 0 Å². The number of hydrogen-bond acceptors (Lipinski definition) is 5. The van der Waals surface area contributed by atoms with Gasteiger partial charge in [-0.2, -0.15) is 8.61 Å². The molecule has 0 bridgehead atoms. The minimum atomic E-state index is -3.73. The topological polar surface area (TPSA) is 78.0 Å². The van der Waals surface area contributed by atoms with Crippen molar-refractivity contribution in [1.29, 1.82) is 0 Å². The van der Waals surface area contributed by atoms with Crippen LogP contribution in [0.25, 0.3) is 0 Å². The predicted octanol–water partition coefficient (Wildman–Crippen LogP) is 2.37. The zero-order valence-corrected chi connectivity index (χ0v) is 19.4. The van der Waals surface area contributed by atoms with Gasteiger partial charge in [-0.25, -0.2) is 16.8 Å². The number of benzene rings is 2. The van der Waals surface area contributed by atoms with Crippen LogP contribution >= 0.6 is 0 Å². The van der Waals surface area contributed by atoms with Crippen molar-refractivity contribution in [2.75, 3.05) is 32.7 Å². The van der Waals surface area contributed by atoms with Crippen molar-refractivity contribution >= 4 is 20.0 Å². The molecule has 2 aromatic rings. The van der Waals surface area contributed by atoms with Gasteiger partial charge in [-0.15, -0.1) is 0 Å². The number of rotatable bonds is 7. The van der Waals surface area contributed by atoms with E-state index in [0.29, 0.717) is 25.7 Å². The third-order valence-corrected chi connectivity index (χ3v) is 10.0. The van der Waals surface area contributed by atoms with E-state index >= 15 is 0 Å². The Bertz CT molecular complexity index is 1100. The summed E-state index contributed by atoms with van der Waals surface area (Å²) < 4.78 is 55.4. The maximum absolute atomic E-state index is 13.1. The molecule has 7 nitrogen and oxygen atoms in total. The second-order valence-corrected chi connectivity index (χ2v) is 12.0. The largest absolute Gasteiger partial charge is 0.298 e. The molecule has 2 fully saturated rings. The van der Waals surface area contributed by atoms with Gasteiger partial charge >= 0.3 is 0 Å². The minimum Gasteiger partial charge on any atom is -0.298 e. The van der Waals surface area contributed by atoms with E-state index in [9.17, 15) is 16.8 Å². The molecule has 168 valence electrons. The van der Waals surface area contributed by atoms with Gasteiger partial charge in [0, 0.05) is 38.8 Å². The fourth-order valence-electron chi connectivity index (χ4n) is 4.42. The van der Waals surface area contributed by atoms with Crippen LogP contribution in [0.15, 0.2) is 64.4 Å². The standard InChI is InChI=1S/C22H29N3O4S2/c1-2-24(17-19-7-4-3-5-8-19)30(26,27)21-10-12-22(13-11-21)31(28,29)25-16-15-23-14-6-9-20(23)18-25/h3-5,7-8,10-13,20H,2,6,9,14-18H2,1H3. The number of hydrogen-bond donors (Lipinski definition) is 0. The molecule has 2 aromatic carbocycles. The summed E-state index contributed by atoms with van der Waals surface area (Å²) in [5.74, 6) is 0. The normalized spacial score (nSPS) is 20.8. The molecule has 2 aliphatic rings. The highest BCUT2D eigenvalue weighted by Gasteiger charge is 2.36. The van der Waals surface area contributed by atoms with E-state index in [1.807, 2.05) is 30.3 Å². The monoisotopic (exact) mass is 463 g/mol. The van der Waals surface area contributed by atoms with Crippen molar-refractivity contribution in [1.82, 2.24) is 13.5 Å². The molecule has 0 radical (unpaired) electrons. The summed E-state index contributed by atoms with van der Waals surface area (Å²) in [7, 11) is -7.37. The van der Waals surface area contributed by atoms with Gasteiger partial charge in [0.05, 0.1) is 9.79 Å². The summed E-state index contributed by atoms with van der Waals surface area (Å²) in [5.41, 5.74) is 0.901. The first-order valence-electron chi connectivity index (χ1n) is 10.7. The molecule has 0 aromatic heterocycles. The molecule has 0 amide bonds. The highest BCUT2D eigenvalue weighted by molar-refractivity contribution is 7.89. The molecule has 0 aliphatic carbocycles. The molecule has 2 aliphatic heterocycles. The summed E-state index contributed by atoms with van der Waals surface area (Å²) in [6.45, 7) is 5.16. The zero-order valence-electron chi connectivity index (χ0n) is 17.7. The van der Waals surface area contributed by atoms with Gasteiger partial charge in [0.15, 0.2) is 0 Å². The fraction of sp³-hybridized carbons (Fsp3) is 0.455. The van der Waals surface area contributed by atoms with E-state index in [-0.39, 0.29) is 16.3 Å². The van der Waals surface area contributed by atoms with Crippen LogP contribution in [0.4, 0.5) is 0 Å². The summed E-state index contributed by atoms with van der Waals surface area (Å²) in [4.78, 5) is 2.60. The number of piperazine rings is 1. The smallest absolute Gasteiger partial charge is 0.243 e. The molecule has 1 atom stereocenters. The van der Waals surface area contributed by atoms with Crippen LogP contribution in [0, 0.1) is 0 Å². The Hall–Kier alpha value is -1.78. The predicted molar refractivity (Wildman–Crippen MR) is 120 cm³/mol. The van der Waals surface area contributed by atoms with Gasteiger partial charge < -0.3 is 0 Å². The number of fused-ring (bicyclic) bond motifs is 1. The molecule has 2 heterocycles. The Morgan fingerprint density at radius 1 is 0.903 bits per heavy atom. The molecule has 2 saturated heterocycles. The average molecular weight is 464 g/mol. The third kappa shape index (κ3) is 4.56. The second-order valence-electron chi connectivity index (χ2n) is 8.08. The second kappa shape index (κ2) is 8.99. The lowest BCUT2D eigenvalue weighted by Crippen LogP contribution is -2.51. The Morgan fingerprint density at radius 2 is 1.58 bits per heavy atom. The minimum absolute atomic E-state index is 0.102. The van der Waals surface area contributed by atoms with E-state index in [0.717, 1.165) is 31.5 Å². The SMILES string of the molecule is CCN(Cc1ccccc1)S(=O)(=O)c1ccc(S(=O)(=O)N2CCN3CCCC3C2)cc1. The molecule has 31 heavy (non-hydrogen) atoms. The molecular formula is C22H29N3O4S2. The zero-order chi connectivity index (χ0) is 22.1. The molecular weight excluding hydrogens is 434 g/mol. The van der Waals surface area contributed by atoms with Crippen LogP contribution in [0.1, 0.15) is 25.3 Å². The van der Waals surface area contributed by atoms with Crippen molar-refractivity contribution in [3.63, 3.8) is 0 Å². The van der Waals surface area contributed by atoms with Crippen LogP contribution < -0.4 is 0 Å². The lowest BCUT2D eigenvalue weighted by atomic mass is 10.2. The average Bonchev–Trinajstić information content (AvgIpc) is 3.26. The first kappa shape index (κ1) is 22.4. The summed E-state index contributed by atoms with van der Waals surface area (Å²) in [5, 5.41) is 0. The summed E-state index contributed by atoms with van der Waals surface area (Å²) in [6.07, 6.45) is 2.14. The highest BCUT2D eigenvalue weighted by Crippen LogP contribution is 2.27. The van der Waals surface area contributed by atoms with E-state index in [1.165, 1.54) is 32.9 Å². The van der Waals surface area contributed by atoms with Crippen LogP contribution in [-0.4, -0.2) is 69.1 Å². The van der Waals surface area contributed by atoms with E-state index in [4.69, 9.17) is 0 Å². The van der Waals surface area contributed by atoms with E-state index < -0.39 is 20.0 Å². The maximum atomic E-state index is 13.1. The van der Waals surface area contributed by atoms with Gasteiger partial charge in [0.2, 0.25) is 20.0 Å². The van der Waals surface area contributed by atoms with E-state index in [1.54, 1.807) is 6.92 Å². The van der Waals surface area contributed by atoms with Crippen LogP contribution in [-0.2, 0) is 26.6 Å². The summed E-state index contributed by atoms with van der Waals surface area (Å²) >= 11 is 0. The lowest BCUT2D eigenvalue weighted by molar-refractivity contribution is 0.158. The highest BCUT2D eigenvalue weighted by atomic mass is 32.2. The Morgan fingerprint density at radius 3 is 2.26 bits per heavy atom. The summed E-state index contributed by atoms with van der Waals surface area (Å²) in [6, 6.07) is 15.3. The third-order valence-electron chi connectivity index (χ3n) is 6.20. The van der Waals surface area contributed by atoms with Gasteiger partial charge in [-0.1, -0.05) is 37.3 Å². The number of nitrogens with zero attached hydrogens (tertiary/aromatic N) is 3. The first-order chi connectivity index (χ1) is 14.8. The van der Waals surface area contributed by atoms with Crippen LogP contribution in [0.3, 0.4) is 0 Å². The lowest BCUT2D eigenvalue weighted by Gasteiger charge is -2.36. The molecule has 0 N–H and O–H groups in total. The molecule has 1 unspecified atom stereocenters. The molecule has 0 spiro atoms. The van der Waals surface area contributed by atoms with Gasteiger partial charge in [-0.05, 0) is 49.2 Å². The maximum Gasteiger partial charge on any atom is 0.243 e. The van der Waals surface area contributed by atoms with Crippen molar-refractivity contribution in [2.24, 2.45) is 0 Å². The van der Waals surface area contributed by atoms with Crippen molar-refractivity contribution in [3.05, 3.63) is 60.2 Å². The number of sulfonamides is 2. The van der Waals surface area contributed by atoms with Crippen molar-refractivity contribution in [3.8, 4) is 0 Å². The quantitative estimate of drug-likeness (QED) is 0.630. The van der Waals surface area contributed by atoms with Crippen LogP contribution in [0.5, 0.6) is 0 Å². The van der Waals surface area contributed by atoms with Crippen molar-refractivity contribution in [2.45, 2.75) is 42.1 Å². The van der Waals surface area contributed by atoms with Gasteiger partial charge in [0.25, 0.3) is 0 Å². The Labute approximate surface area is 185 Å². The van der Waals surface area contributed by atoms with E-state index in [2.05, 4.69) is 4.90 Å². The Kier molecular flexibility index (Phi) is 6.50. The fourth-order valence-corrected chi connectivity index (χ4v) is 7.32. The first-order valence-corrected chi connectivity index (χ1v) is 13.6.